The molecule has 1 unspecified atom stereocenters. The molecule has 0 aromatic rings. The second-order valence-corrected chi connectivity index (χ2v) is 48.0. The molecule has 57 heavy (non-hydrogen) atoms. The van der Waals surface area contributed by atoms with Crippen LogP contribution in [0.15, 0.2) is 21.8 Å². The van der Waals surface area contributed by atoms with Crippen molar-refractivity contribution in [3.63, 3.8) is 0 Å². The quantitative estimate of drug-likeness (QED) is 0.0548. The van der Waals surface area contributed by atoms with E-state index in [0.717, 1.165) is 50.2 Å². The van der Waals surface area contributed by atoms with Gasteiger partial charge < -0.3 is 22.1 Å². The summed E-state index contributed by atoms with van der Waals surface area (Å²) in [6.07, 6.45) is 9.46. The molecule has 0 aliphatic carbocycles. The van der Waals surface area contributed by atoms with Gasteiger partial charge >= 0.3 is 0 Å². The first-order chi connectivity index (χ1) is 25.3. The lowest BCUT2D eigenvalue weighted by molar-refractivity contribution is 0.0599. The average molecular weight is 1000 g/mol. The first-order valence-corrected chi connectivity index (χ1v) is 38.1. The van der Waals surface area contributed by atoms with Crippen LogP contribution < -0.4 is 0 Å². The Balaban J connectivity index is 7.19. The summed E-state index contributed by atoms with van der Waals surface area (Å²) in [7, 11) is -10.1. The molecule has 0 aromatic heterocycles. The van der Waals surface area contributed by atoms with E-state index in [2.05, 4.69) is 209 Å². The first-order valence-electron chi connectivity index (χ1n) is 22.7. The van der Waals surface area contributed by atoms with E-state index < -0.39 is 41.6 Å². The molecule has 0 saturated carbocycles. The minimum Gasteiger partial charge on any atom is -0.414 e. The Labute approximate surface area is 376 Å². The van der Waals surface area contributed by atoms with Crippen LogP contribution in [-0.2, 0) is 22.1 Å². The highest BCUT2D eigenvalue weighted by Crippen LogP contribution is 2.43. The molecule has 5 nitrogen and oxygen atoms in total. The maximum atomic E-state index is 7.44. The summed E-state index contributed by atoms with van der Waals surface area (Å²) in [5.74, 6) is 0. The molecule has 0 aliphatic heterocycles. The minimum absolute atomic E-state index is 0.0402. The summed E-state index contributed by atoms with van der Waals surface area (Å²) in [5, 5.41) is 0.495. The normalized spacial score (nSPS) is 17.9. The van der Waals surface area contributed by atoms with E-state index in [1.54, 1.807) is 0 Å². The number of hydrogen-bond acceptors (Lipinski definition) is 5. The molecule has 0 heterocycles. The fourth-order valence-electron chi connectivity index (χ4n) is 6.26. The molecular formula is C46H99IO5Si5. The van der Waals surface area contributed by atoms with Crippen LogP contribution in [0.25, 0.3) is 0 Å². The van der Waals surface area contributed by atoms with Crippen LogP contribution in [0.3, 0.4) is 0 Å². The van der Waals surface area contributed by atoms with Crippen LogP contribution in [0.2, 0.25) is 90.7 Å². The van der Waals surface area contributed by atoms with Gasteiger partial charge in [-0.25, -0.2) is 0 Å². The maximum absolute atomic E-state index is 7.44. The van der Waals surface area contributed by atoms with E-state index in [1.165, 1.54) is 5.57 Å². The molecule has 0 bridgehead atoms. The Morgan fingerprint density at radius 1 is 0.526 bits per heavy atom. The Kier molecular flexibility index (Phi) is 23.1. The van der Waals surface area contributed by atoms with Crippen molar-refractivity contribution in [1.29, 1.82) is 0 Å². The van der Waals surface area contributed by atoms with Gasteiger partial charge in [0.25, 0.3) is 0 Å². The zero-order valence-electron chi connectivity index (χ0n) is 42.7. The van der Waals surface area contributed by atoms with Crippen LogP contribution in [0.5, 0.6) is 0 Å². The monoisotopic (exact) mass is 999 g/mol. The molecule has 0 N–H and O–H groups in total. The van der Waals surface area contributed by atoms with E-state index in [-0.39, 0.29) is 50.7 Å². The van der Waals surface area contributed by atoms with Crippen LogP contribution in [0, 0.1) is 0 Å². The fraction of sp³-hybridized carbons (Fsp3) is 0.913. The topological polar surface area (TPSA) is 46.2 Å². The summed E-state index contributed by atoms with van der Waals surface area (Å²) in [6, 6.07) is 3.41. The zero-order chi connectivity index (χ0) is 45.3. The fourth-order valence-corrected chi connectivity index (χ4v) is 14.9. The smallest absolute Gasteiger partial charge is 0.192 e. The standard InChI is InChI=1S/C46H99IO5Si5/c1-26-57(27-2,28-3)52-42(33-38(5)48-53(18,19)43(6,7)8)35-40(50-55(22,23)45(12,13)14)31-29-30-39(49-54(20,21)44(9,10)11)34-41(32-37(4)36-47)51-56(24,25)46(15,16)17/h29-30,36,38-42H,26-28,31-35H2,1-25H3/b30-29+,37-36+/t38?,39-,40-,41-,42-/m0/s1. The van der Waals surface area contributed by atoms with Crippen molar-refractivity contribution in [2.75, 3.05) is 0 Å². The summed E-state index contributed by atoms with van der Waals surface area (Å²) in [4.78, 5) is 0. The highest BCUT2D eigenvalue weighted by atomic mass is 127. The van der Waals surface area contributed by atoms with Gasteiger partial charge in [-0.2, -0.15) is 0 Å². The predicted octanol–water partition coefficient (Wildman–Crippen LogP) is 16.8. The summed E-state index contributed by atoms with van der Waals surface area (Å²) in [5.41, 5.74) is 1.36. The highest BCUT2D eigenvalue weighted by molar-refractivity contribution is 14.1. The Morgan fingerprint density at radius 2 is 0.912 bits per heavy atom. The lowest BCUT2D eigenvalue weighted by Gasteiger charge is -2.43. The molecule has 0 radical (unpaired) electrons. The number of halogens is 1. The highest BCUT2D eigenvalue weighted by Gasteiger charge is 2.44. The van der Waals surface area contributed by atoms with E-state index in [9.17, 15) is 0 Å². The van der Waals surface area contributed by atoms with Gasteiger partial charge in [0, 0.05) is 18.6 Å². The van der Waals surface area contributed by atoms with Gasteiger partial charge in [-0.05, 0) is 134 Å². The van der Waals surface area contributed by atoms with Gasteiger partial charge in [0.15, 0.2) is 41.6 Å². The molecule has 0 amide bonds. The van der Waals surface area contributed by atoms with Gasteiger partial charge in [0.1, 0.15) is 0 Å². The minimum atomic E-state index is -2.10. The number of hydrogen-bond donors (Lipinski definition) is 0. The molecule has 0 aliphatic rings. The van der Waals surface area contributed by atoms with E-state index in [0.29, 0.717) is 0 Å². The summed E-state index contributed by atoms with van der Waals surface area (Å²) < 4.78 is 38.6. The van der Waals surface area contributed by atoms with Crippen molar-refractivity contribution in [3.05, 3.63) is 21.8 Å². The molecule has 0 rings (SSSR count). The summed E-state index contributed by atoms with van der Waals surface area (Å²) in [6.45, 7) is 58.8. The molecule has 11 heteroatoms. The SMILES string of the molecule is CC[Si](CC)(CC)O[C@@H](CC(C)O[Si](C)(C)C(C)(C)C)C[C@H](C/C=C/[C@@H](C[C@H](C/C(C)=C/I)O[Si](C)(C)C(C)(C)C)O[Si](C)(C)C(C)(C)C)O[Si](C)(C)C(C)(C)C. The van der Waals surface area contributed by atoms with Crippen LogP contribution in [-0.4, -0.2) is 72.1 Å². The largest absolute Gasteiger partial charge is 0.414 e. The summed E-state index contributed by atoms with van der Waals surface area (Å²) >= 11 is 2.38. The van der Waals surface area contributed by atoms with E-state index in [4.69, 9.17) is 22.1 Å². The average Bonchev–Trinajstić information content (AvgIpc) is 3.00. The number of rotatable bonds is 24. The van der Waals surface area contributed by atoms with Crippen LogP contribution in [0.4, 0.5) is 0 Å². The molecule has 0 spiro atoms. The molecule has 0 aromatic carbocycles. The molecule has 0 fully saturated rings. The Bertz CT molecular complexity index is 1230. The molecular weight excluding hydrogens is 900 g/mol. The van der Waals surface area contributed by atoms with E-state index >= 15 is 0 Å². The maximum Gasteiger partial charge on any atom is 0.192 e. The third kappa shape index (κ3) is 19.2. The van der Waals surface area contributed by atoms with Gasteiger partial charge in [-0.15, -0.1) is 0 Å². The van der Waals surface area contributed by atoms with Crippen molar-refractivity contribution in [2.24, 2.45) is 0 Å². The molecule has 340 valence electrons. The van der Waals surface area contributed by atoms with E-state index in [1.807, 2.05) is 0 Å². The second-order valence-electron chi connectivity index (χ2n) is 23.6. The lowest BCUT2D eigenvalue weighted by Crippen LogP contribution is -2.48. The van der Waals surface area contributed by atoms with Gasteiger partial charge in [0.05, 0.1) is 18.3 Å². The van der Waals surface area contributed by atoms with Gasteiger partial charge in [-0.1, -0.05) is 144 Å². The lowest BCUT2D eigenvalue weighted by atomic mass is 10.0. The van der Waals surface area contributed by atoms with Crippen molar-refractivity contribution >= 4 is 64.2 Å². The molecule has 5 atom stereocenters. The predicted molar refractivity (Wildman–Crippen MR) is 276 cm³/mol. The third-order valence-corrected chi connectivity index (χ3v) is 38.5. The Hall–Kier alpha value is 1.09. The Morgan fingerprint density at radius 3 is 1.30 bits per heavy atom. The van der Waals surface area contributed by atoms with Gasteiger partial charge in [0.2, 0.25) is 0 Å². The van der Waals surface area contributed by atoms with Crippen LogP contribution in [0.1, 0.15) is 150 Å². The second kappa shape index (κ2) is 22.6. The van der Waals surface area contributed by atoms with Gasteiger partial charge in [-0.3, -0.25) is 0 Å². The zero-order valence-corrected chi connectivity index (χ0v) is 49.9. The first kappa shape index (κ1) is 58.1. The van der Waals surface area contributed by atoms with Crippen molar-refractivity contribution in [3.8, 4) is 0 Å². The van der Waals surface area contributed by atoms with Crippen LogP contribution >= 0.6 is 22.6 Å². The third-order valence-electron chi connectivity index (χ3n) is 14.5. The molecule has 0 saturated heterocycles. The van der Waals surface area contributed by atoms with Crippen molar-refractivity contribution < 1.29 is 22.1 Å². The van der Waals surface area contributed by atoms with Crippen molar-refractivity contribution in [1.82, 2.24) is 0 Å². The van der Waals surface area contributed by atoms with Crippen molar-refractivity contribution in [2.45, 2.75) is 271 Å².